The second kappa shape index (κ2) is 8.40. The van der Waals surface area contributed by atoms with Gasteiger partial charge in [0.25, 0.3) is 0 Å². The third kappa shape index (κ3) is 4.99. The Morgan fingerprint density at radius 1 is 1.12 bits per heavy atom. The van der Waals surface area contributed by atoms with Crippen molar-refractivity contribution in [3.63, 3.8) is 0 Å². The Morgan fingerprint density at radius 2 is 1.94 bits per heavy atom. The number of alkyl halides is 1. The molecule has 96 valence electrons. The van der Waals surface area contributed by atoms with Gasteiger partial charge in [-0.15, -0.1) is 0 Å². The lowest BCUT2D eigenvalue weighted by Crippen LogP contribution is -2.00. The molecule has 0 N–H and O–H groups in total. The highest BCUT2D eigenvalue weighted by molar-refractivity contribution is 9.09. The molecule has 0 aliphatic rings. The van der Waals surface area contributed by atoms with Gasteiger partial charge < -0.3 is 9.47 Å². The molecule has 0 heterocycles. The molecule has 0 saturated carbocycles. The van der Waals surface area contributed by atoms with Crippen molar-refractivity contribution in [1.29, 1.82) is 0 Å². The molecule has 0 aliphatic carbocycles. The first-order valence-electron chi connectivity index (χ1n) is 6.17. The Hall–Kier alpha value is -0.700. The first-order chi connectivity index (χ1) is 8.31. The summed E-state index contributed by atoms with van der Waals surface area (Å²) in [6.07, 6.45) is 4.50. The van der Waals surface area contributed by atoms with Gasteiger partial charge in [-0.2, -0.15) is 0 Å². The van der Waals surface area contributed by atoms with Gasteiger partial charge in [0.2, 0.25) is 0 Å². The molecule has 0 unspecified atom stereocenters. The molecule has 0 atom stereocenters. The van der Waals surface area contributed by atoms with Gasteiger partial charge in [0.05, 0.1) is 13.7 Å². The lowest BCUT2D eigenvalue weighted by molar-refractivity contribution is 0.286. The molecule has 0 spiro atoms. The Balaban J connectivity index is 2.46. The zero-order chi connectivity index (χ0) is 12.5. The Labute approximate surface area is 112 Å². The van der Waals surface area contributed by atoms with Gasteiger partial charge in [-0.05, 0) is 43.4 Å². The number of rotatable bonds is 8. The molecule has 3 heteroatoms. The molecule has 1 aromatic rings. The van der Waals surface area contributed by atoms with Crippen LogP contribution in [0.25, 0.3) is 0 Å². The maximum atomic E-state index is 5.73. The van der Waals surface area contributed by atoms with Gasteiger partial charge in [-0.3, -0.25) is 0 Å². The van der Waals surface area contributed by atoms with Gasteiger partial charge in [-0.1, -0.05) is 28.9 Å². The third-order valence-corrected chi connectivity index (χ3v) is 3.23. The molecule has 0 aromatic heterocycles. The predicted octanol–water partition coefficient (Wildman–Crippen LogP) is 4.20. The summed E-state index contributed by atoms with van der Waals surface area (Å²) in [7, 11) is 1.69. The number of methoxy groups -OCH3 is 1. The van der Waals surface area contributed by atoms with Crippen LogP contribution in [0.4, 0.5) is 0 Å². The van der Waals surface area contributed by atoms with E-state index in [0.29, 0.717) is 0 Å². The molecule has 1 rings (SSSR count). The van der Waals surface area contributed by atoms with Crippen LogP contribution in [-0.2, 0) is 6.42 Å². The van der Waals surface area contributed by atoms with Crippen molar-refractivity contribution in [1.82, 2.24) is 0 Å². The Kier molecular flexibility index (Phi) is 7.10. The van der Waals surface area contributed by atoms with Crippen LogP contribution in [0, 0.1) is 0 Å². The van der Waals surface area contributed by atoms with Crippen molar-refractivity contribution in [2.75, 3.05) is 19.0 Å². The average Bonchev–Trinajstić information content (AvgIpc) is 2.38. The number of aryl methyl sites for hydroxylation is 1. The molecule has 0 fully saturated rings. The number of ether oxygens (including phenoxy) is 2. The zero-order valence-corrected chi connectivity index (χ0v) is 12.3. The van der Waals surface area contributed by atoms with Crippen LogP contribution < -0.4 is 9.47 Å². The first-order valence-corrected chi connectivity index (χ1v) is 7.29. The highest BCUT2D eigenvalue weighted by atomic mass is 79.9. The zero-order valence-electron chi connectivity index (χ0n) is 10.7. The minimum absolute atomic E-state index is 0.759. The van der Waals surface area contributed by atoms with E-state index in [2.05, 4.69) is 28.9 Å². The second-order valence-electron chi connectivity index (χ2n) is 3.94. The summed E-state index contributed by atoms with van der Waals surface area (Å²) < 4.78 is 11.1. The van der Waals surface area contributed by atoms with Crippen LogP contribution in [0.2, 0.25) is 0 Å². The largest absolute Gasteiger partial charge is 0.493 e. The Morgan fingerprint density at radius 3 is 2.59 bits per heavy atom. The number of benzene rings is 1. The standard InChI is InChI=1S/C14H21BrO2/c1-3-12-7-8-13(14(11-12)16-2)17-10-6-4-5-9-15/h7-8,11H,3-6,9-10H2,1-2H3. The van der Waals surface area contributed by atoms with Gasteiger partial charge in [0.1, 0.15) is 0 Å². The van der Waals surface area contributed by atoms with Crippen LogP contribution in [0.15, 0.2) is 18.2 Å². The number of unbranched alkanes of at least 4 members (excludes halogenated alkanes) is 2. The molecule has 0 amide bonds. The molecular weight excluding hydrogens is 280 g/mol. The van der Waals surface area contributed by atoms with Crippen molar-refractivity contribution in [3.05, 3.63) is 23.8 Å². The minimum atomic E-state index is 0.759. The average molecular weight is 301 g/mol. The predicted molar refractivity (Wildman–Crippen MR) is 75.5 cm³/mol. The van der Waals surface area contributed by atoms with E-state index >= 15 is 0 Å². The van der Waals surface area contributed by atoms with E-state index in [9.17, 15) is 0 Å². The van der Waals surface area contributed by atoms with Crippen molar-refractivity contribution in [2.24, 2.45) is 0 Å². The third-order valence-electron chi connectivity index (χ3n) is 2.67. The summed E-state index contributed by atoms with van der Waals surface area (Å²) in [6.45, 7) is 2.89. The minimum Gasteiger partial charge on any atom is -0.493 e. The van der Waals surface area contributed by atoms with Crippen molar-refractivity contribution < 1.29 is 9.47 Å². The van der Waals surface area contributed by atoms with E-state index in [1.807, 2.05) is 12.1 Å². The Bertz CT molecular complexity index is 326. The molecular formula is C14H21BrO2. The van der Waals surface area contributed by atoms with Crippen LogP contribution in [0.1, 0.15) is 31.7 Å². The summed E-state index contributed by atoms with van der Waals surface area (Å²) >= 11 is 3.42. The molecule has 2 nitrogen and oxygen atoms in total. The van der Waals surface area contributed by atoms with Gasteiger partial charge in [0.15, 0.2) is 11.5 Å². The first kappa shape index (κ1) is 14.4. The second-order valence-corrected chi connectivity index (χ2v) is 4.73. The van der Waals surface area contributed by atoms with E-state index in [4.69, 9.17) is 9.47 Å². The maximum absolute atomic E-state index is 5.73. The molecule has 0 bridgehead atoms. The van der Waals surface area contributed by atoms with Crippen LogP contribution in [-0.4, -0.2) is 19.0 Å². The van der Waals surface area contributed by atoms with Crippen LogP contribution >= 0.6 is 15.9 Å². The summed E-state index contributed by atoms with van der Waals surface area (Å²) in [4.78, 5) is 0. The van der Waals surface area contributed by atoms with E-state index in [0.717, 1.165) is 36.3 Å². The summed E-state index contributed by atoms with van der Waals surface area (Å²) in [5.41, 5.74) is 1.27. The fourth-order valence-electron chi connectivity index (χ4n) is 1.61. The summed E-state index contributed by atoms with van der Waals surface area (Å²) in [5, 5.41) is 1.07. The number of halogens is 1. The van der Waals surface area contributed by atoms with Crippen LogP contribution in [0.5, 0.6) is 11.5 Å². The summed E-state index contributed by atoms with van der Waals surface area (Å²) in [6, 6.07) is 6.15. The molecule has 0 saturated heterocycles. The SMILES string of the molecule is CCc1ccc(OCCCCCBr)c(OC)c1. The van der Waals surface area contributed by atoms with Crippen molar-refractivity contribution in [3.8, 4) is 11.5 Å². The van der Waals surface area contributed by atoms with Crippen LogP contribution in [0.3, 0.4) is 0 Å². The van der Waals surface area contributed by atoms with Crippen molar-refractivity contribution in [2.45, 2.75) is 32.6 Å². The van der Waals surface area contributed by atoms with E-state index in [1.54, 1.807) is 7.11 Å². The topological polar surface area (TPSA) is 18.5 Å². The van der Waals surface area contributed by atoms with Gasteiger partial charge >= 0.3 is 0 Å². The normalized spacial score (nSPS) is 10.3. The van der Waals surface area contributed by atoms with Gasteiger partial charge in [-0.25, -0.2) is 0 Å². The van der Waals surface area contributed by atoms with Gasteiger partial charge in [0, 0.05) is 5.33 Å². The molecule has 0 aliphatic heterocycles. The highest BCUT2D eigenvalue weighted by Gasteiger charge is 2.04. The molecule has 17 heavy (non-hydrogen) atoms. The van der Waals surface area contributed by atoms with E-state index < -0.39 is 0 Å². The number of hydrogen-bond acceptors (Lipinski definition) is 2. The quantitative estimate of drug-likeness (QED) is 0.529. The monoisotopic (exact) mass is 300 g/mol. The fraction of sp³-hybridized carbons (Fsp3) is 0.571. The van der Waals surface area contributed by atoms with Crippen molar-refractivity contribution >= 4 is 15.9 Å². The maximum Gasteiger partial charge on any atom is 0.161 e. The molecule has 0 radical (unpaired) electrons. The summed E-state index contributed by atoms with van der Waals surface area (Å²) in [5.74, 6) is 1.69. The fourth-order valence-corrected chi connectivity index (χ4v) is 2.00. The molecule has 1 aromatic carbocycles. The smallest absolute Gasteiger partial charge is 0.161 e. The number of hydrogen-bond donors (Lipinski definition) is 0. The lowest BCUT2D eigenvalue weighted by Gasteiger charge is -2.11. The van der Waals surface area contributed by atoms with E-state index in [1.165, 1.54) is 18.4 Å². The highest BCUT2D eigenvalue weighted by Crippen LogP contribution is 2.28. The van der Waals surface area contributed by atoms with E-state index in [-0.39, 0.29) is 0 Å². The lowest BCUT2D eigenvalue weighted by atomic mass is 10.1.